The highest BCUT2D eigenvalue weighted by molar-refractivity contribution is 5.83. The van der Waals surface area contributed by atoms with Gasteiger partial charge in [-0.15, -0.1) is 0 Å². The molecule has 4 nitrogen and oxygen atoms in total. The summed E-state index contributed by atoms with van der Waals surface area (Å²) in [7, 11) is 0. The van der Waals surface area contributed by atoms with Gasteiger partial charge < -0.3 is 16.0 Å². The second kappa shape index (κ2) is 4.04. The lowest BCUT2D eigenvalue weighted by atomic mass is 10.2. The Labute approximate surface area is 101 Å². The molecule has 0 atom stereocenters. The van der Waals surface area contributed by atoms with Crippen molar-refractivity contribution in [3.63, 3.8) is 0 Å². The number of pyridine rings is 1. The van der Waals surface area contributed by atoms with Gasteiger partial charge in [-0.05, 0) is 24.5 Å². The zero-order chi connectivity index (χ0) is 11.8. The number of rotatable bonds is 2. The van der Waals surface area contributed by atoms with Crippen LogP contribution < -0.4 is 11.5 Å². The van der Waals surface area contributed by atoms with Crippen molar-refractivity contribution in [1.82, 2.24) is 9.55 Å². The molecule has 1 fully saturated rings. The van der Waals surface area contributed by atoms with Gasteiger partial charge in [0.1, 0.15) is 5.65 Å². The Kier molecular flexibility index (Phi) is 2.52. The van der Waals surface area contributed by atoms with Crippen molar-refractivity contribution >= 4 is 16.7 Å². The zero-order valence-electron chi connectivity index (χ0n) is 9.89. The summed E-state index contributed by atoms with van der Waals surface area (Å²) >= 11 is 0. The van der Waals surface area contributed by atoms with Crippen LogP contribution in [0.2, 0.25) is 0 Å². The van der Waals surface area contributed by atoms with Crippen molar-refractivity contribution in [2.75, 3.05) is 5.73 Å². The van der Waals surface area contributed by atoms with E-state index in [2.05, 4.69) is 15.7 Å². The fraction of sp³-hybridized carbons (Fsp3) is 0.462. The van der Waals surface area contributed by atoms with E-state index in [1.54, 1.807) is 6.20 Å². The number of nitrogens with zero attached hydrogens (tertiary/aromatic N) is 2. The van der Waals surface area contributed by atoms with Gasteiger partial charge in [0.15, 0.2) is 0 Å². The molecule has 0 bridgehead atoms. The van der Waals surface area contributed by atoms with Gasteiger partial charge in [-0.2, -0.15) is 0 Å². The van der Waals surface area contributed by atoms with Crippen LogP contribution in [0.4, 0.5) is 5.69 Å². The molecule has 0 radical (unpaired) electrons. The molecule has 0 aliphatic heterocycles. The van der Waals surface area contributed by atoms with Crippen LogP contribution in [0.25, 0.3) is 11.0 Å². The van der Waals surface area contributed by atoms with Gasteiger partial charge in [-0.25, -0.2) is 4.98 Å². The van der Waals surface area contributed by atoms with Gasteiger partial charge in [-0.1, -0.05) is 12.8 Å². The number of fused-ring (bicyclic) bond motifs is 1. The van der Waals surface area contributed by atoms with Crippen LogP contribution in [0, 0.1) is 0 Å². The first-order valence-electron chi connectivity index (χ1n) is 6.24. The van der Waals surface area contributed by atoms with Crippen molar-refractivity contribution in [3.05, 3.63) is 24.0 Å². The van der Waals surface area contributed by atoms with Crippen molar-refractivity contribution in [3.8, 4) is 0 Å². The van der Waals surface area contributed by atoms with E-state index >= 15 is 0 Å². The van der Waals surface area contributed by atoms with Gasteiger partial charge in [0.2, 0.25) is 0 Å². The molecule has 3 rings (SSSR count). The topological polar surface area (TPSA) is 69.9 Å². The van der Waals surface area contributed by atoms with E-state index in [9.17, 15) is 0 Å². The molecule has 2 aromatic rings. The first kappa shape index (κ1) is 10.6. The van der Waals surface area contributed by atoms with Crippen molar-refractivity contribution in [2.24, 2.45) is 5.73 Å². The maximum absolute atomic E-state index is 5.80. The van der Waals surface area contributed by atoms with Crippen LogP contribution in [0.5, 0.6) is 0 Å². The quantitative estimate of drug-likeness (QED) is 0.830. The van der Waals surface area contributed by atoms with Crippen molar-refractivity contribution < 1.29 is 0 Å². The molecule has 90 valence electrons. The Balaban J connectivity index is 2.17. The van der Waals surface area contributed by atoms with E-state index < -0.39 is 0 Å². The van der Waals surface area contributed by atoms with Crippen molar-refractivity contribution in [1.29, 1.82) is 0 Å². The Hall–Kier alpha value is -1.55. The molecular weight excluding hydrogens is 212 g/mol. The van der Waals surface area contributed by atoms with E-state index in [4.69, 9.17) is 11.5 Å². The summed E-state index contributed by atoms with van der Waals surface area (Å²) < 4.78 is 2.30. The highest BCUT2D eigenvalue weighted by atomic mass is 15.1. The minimum Gasteiger partial charge on any atom is -0.397 e. The fourth-order valence-electron chi connectivity index (χ4n) is 2.84. The highest BCUT2D eigenvalue weighted by Gasteiger charge is 2.20. The molecule has 0 saturated heterocycles. The molecular formula is C13H18N4. The number of hydrogen-bond donors (Lipinski definition) is 2. The predicted molar refractivity (Wildman–Crippen MR) is 69.5 cm³/mol. The third-order valence-electron chi connectivity index (χ3n) is 3.71. The molecule has 1 aliphatic carbocycles. The molecule has 4 heteroatoms. The smallest absolute Gasteiger partial charge is 0.140 e. The molecule has 1 aliphatic rings. The van der Waals surface area contributed by atoms with E-state index in [-0.39, 0.29) is 0 Å². The van der Waals surface area contributed by atoms with E-state index in [1.165, 1.54) is 25.7 Å². The van der Waals surface area contributed by atoms with Gasteiger partial charge in [-0.3, -0.25) is 0 Å². The third-order valence-corrected chi connectivity index (χ3v) is 3.71. The van der Waals surface area contributed by atoms with Crippen LogP contribution >= 0.6 is 0 Å². The van der Waals surface area contributed by atoms with E-state index in [1.807, 2.05) is 6.07 Å². The maximum Gasteiger partial charge on any atom is 0.140 e. The van der Waals surface area contributed by atoms with Crippen LogP contribution in [0.3, 0.4) is 0 Å². The minimum atomic E-state index is 0.543. The highest BCUT2D eigenvalue weighted by Crippen LogP contribution is 2.33. The number of aromatic nitrogens is 2. The summed E-state index contributed by atoms with van der Waals surface area (Å²) in [6.07, 6.45) is 9.02. The summed E-state index contributed by atoms with van der Waals surface area (Å²) in [6.45, 7) is 0.543. The lowest BCUT2D eigenvalue weighted by Crippen LogP contribution is -2.04. The maximum atomic E-state index is 5.80. The second-order valence-corrected chi connectivity index (χ2v) is 4.84. The largest absolute Gasteiger partial charge is 0.397 e. The van der Waals surface area contributed by atoms with Crippen molar-refractivity contribution in [2.45, 2.75) is 38.3 Å². The normalized spacial score (nSPS) is 17.0. The Bertz CT molecular complexity index is 538. The molecule has 0 unspecified atom stereocenters. The standard InChI is InChI=1S/C13H18N4/c14-6-9-8-17(11-3-1-2-4-11)13-12(9)5-10(15)7-16-13/h5,7-8,11H,1-4,6,14-15H2. The van der Waals surface area contributed by atoms with Crippen LogP contribution in [-0.4, -0.2) is 9.55 Å². The zero-order valence-corrected chi connectivity index (χ0v) is 9.89. The second-order valence-electron chi connectivity index (χ2n) is 4.84. The van der Waals surface area contributed by atoms with E-state index in [0.717, 1.165) is 16.6 Å². The summed E-state index contributed by atoms with van der Waals surface area (Å²) in [6, 6.07) is 2.57. The molecule has 0 amide bonds. The minimum absolute atomic E-state index is 0.543. The van der Waals surface area contributed by atoms with Gasteiger partial charge >= 0.3 is 0 Å². The molecule has 4 N–H and O–H groups in total. The summed E-state index contributed by atoms with van der Waals surface area (Å²) in [5.74, 6) is 0. The van der Waals surface area contributed by atoms with Crippen LogP contribution in [-0.2, 0) is 6.54 Å². The first-order valence-corrected chi connectivity index (χ1v) is 6.24. The molecule has 1 saturated carbocycles. The number of nitrogen functional groups attached to an aromatic ring is 1. The molecule has 2 aromatic heterocycles. The summed E-state index contributed by atoms with van der Waals surface area (Å²) in [5, 5.41) is 1.11. The Morgan fingerprint density at radius 2 is 2.12 bits per heavy atom. The van der Waals surface area contributed by atoms with Gasteiger partial charge in [0.25, 0.3) is 0 Å². The number of hydrogen-bond acceptors (Lipinski definition) is 3. The monoisotopic (exact) mass is 230 g/mol. The van der Waals surface area contributed by atoms with Crippen LogP contribution in [0.1, 0.15) is 37.3 Å². The first-order chi connectivity index (χ1) is 8.29. The Morgan fingerprint density at radius 1 is 1.35 bits per heavy atom. The van der Waals surface area contributed by atoms with E-state index in [0.29, 0.717) is 18.3 Å². The lowest BCUT2D eigenvalue weighted by molar-refractivity contribution is 0.531. The lowest BCUT2D eigenvalue weighted by Gasteiger charge is -2.12. The average molecular weight is 230 g/mol. The van der Waals surface area contributed by atoms with Gasteiger partial charge in [0, 0.05) is 24.2 Å². The molecule has 0 spiro atoms. The third kappa shape index (κ3) is 1.69. The molecule has 17 heavy (non-hydrogen) atoms. The van der Waals surface area contributed by atoms with Gasteiger partial charge in [0.05, 0.1) is 11.9 Å². The Morgan fingerprint density at radius 3 is 2.82 bits per heavy atom. The average Bonchev–Trinajstić information content (AvgIpc) is 2.94. The summed E-state index contributed by atoms with van der Waals surface area (Å²) in [4.78, 5) is 4.48. The number of anilines is 1. The van der Waals surface area contributed by atoms with Crippen LogP contribution in [0.15, 0.2) is 18.5 Å². The summed E-state index contributed by atoms with van der Waals surface area (Å²) in [5.41, 5.74) is 14.5. The fourth-order valence-corrected chi connectivity index (χ4v) is 2.84. The molecule has 2 heterocycles. The predicted octanol–water partition coefficient (Wildman–Crippen LogP) is 2.19. The number of nitrogens with two attached hydrogens (primary N) is 2. The SMILES string of the molecule is NCc1cn(C2CCCC2)c2ncc(N)cc12. The molecule has 0 aromatic carbocycles.